The lowest BCUT2D eigenvalue weighted by Crippen LogP contribution is -2.33. The molecule has 6 heteroatoms. The van der Waals surface area contributed by atoms with E-state index >= 15 is 0 Å². The van der Waals surface area contributed by atoms with Crippen LogP contribution in [0.4, 0.5) is 11.4 Å². The molecular weight excluding hydrogens is 396 g/mol. The summed E-state index contributed by atoms with van der Waals surface area (Å²) in [5.74, 6) is 0.917. The van der Waals surface area contributed by atoms with E-state index < -0.39 is 0 Å². The fraction of sp³-hybridized carbons (Fsp3) is 0.167. The van der Waals surface area contributed by atoms with Gasteiger partial charge in [0.05, 0.1) is 17.6 Å². The Kier molecular flexibility index (Phi) is 4.68. The van der Waals surface area contributed by atoms with Gasteiger partial charge in [-0.1, -0.05) is 35.4 Å². The number of aromatic nitrogens is 2. The Hall–Kier alpha value is -3.31. The minimum absolute atomic E-state index is 0.104. The first kappa shape index (κ1) is 18.7. The molecule has 0 radical (unpaired) electrons. The van der Waals surface area contributed by atoms with Crippen molar-refractivity contribution in [1.82, 2.24) is 9.55 Å². The highest BCUT2D eigenvalue weighted by Crippen LogP contribution is 2.28. The summed E-state index contributed by atoms with van der Waals surface area (Å²) >= 11 is 6.12. The molecule has 4 aromatic rings. The fourth-order valence-electron chi connectivity index (χ4n) is 3.98. The molecule has 1 N–H and O–H groups in total. The molecule has 1 aliphatic rings. The largest absolute Gasteiger partial charge is 0.362 e. The van der Waals surface area contributed by atoms with Crippen molar-refractivity contribution < 1.29 is 4.79 Å². The Morgan fingerprint density at radius 2 is 1.90 bits per heavy atom. The van der Waals surface area contributed by atoms with E-state index in [2.05, 4.69) is 20.9 Å². The van der Waals surface area contributed by atoms with Crippen molar-refractivity contribution in [3.05, 3.63) is 88.7 Å². The minimum Gasteiger partial charge on any atom is -0.362 e. The number of carbonyl (C=O) groups excluding carboxylic acids is 1. The zero-order valence-corrected chi connectivity index (χ0v) is 17.4. The number of anilines is 2. The van der Waals surface area contributed by atoms with Crippen molar-refractivity contribution in [3.63, 3.8) is 0 Å². The van der Waals surface area contributed by atoms with Gasteiger partial charge < -0.3 is 14.8 Å². The molecule has 5 rings (SSSR count). The number of nitrogens with zero attached hydrogens (tertiary/aromatic N) is 3. The predicted octanol–water partition coefficient (Wildman–Crippen LogP) is 5.27. The molecule has 3 aromatic carbocycles. The summed E-state index contributed by atoms with van der Waals surface area (Å²) in [5, 5.41) is 3.71. The van der Waals surface area contributed by atoms with Crippen LogP contribution in [-0.2, 0) is 13.1 Å². The number of imidazole rings is 1. The normalized spacial score (nSPS) is 13.3. The third kappa shape index (κ3) is 3.53. The SMILES string of the molecule is Cc1cccc(C(=O)Nc2cccc(N3CCn4c(nc5cc(Cl)ccc54)C3)c2)c1. The quantitative estimate of drug-likeness (QED) is 0.495. The van der Waals surface area contributed by atoms with Gasteiger partial charge in [0.25, 0.3) is 5.91 Å². The van der Waals surface area contributed by atoms with Crippen LogP contribution in [0.15, 0.2) is 66.7 Å². The average molecular weight is 417 g/mol. The predicted molar refractivity (Wildman–Crippen MR) is 121 cm³/mol. The Morgan fingerprint density at radius 1 is 1.03 bits per heavy atom. The highest BCUT2D eigenvalue weighted by molar-refractivity contribution is 6.31. The van der Waals surface area contributed by atoms with Crippen molar-refractivity contribution in [2.24, 2.45) is 0 Å². The summed E-state index contributed by atoms with van der Waals surface area (Å²) in [5.41, 5.74) is 5.62. The van der Waals surface area contributed by atoms with E-state index in [-0.39, 0.29) is 5.91 Å². The van der Waals surface area contributed by atoms with E-state index in [4.69, 9.17) is 16.6 Å². The van der Waals surface area contributed by atoms with Gasteiger partial charge in [0.1, 0.15) is 5.82 Å². The summed E-state index contributed by atoms with van der Waals surface area (Å²) in [6.07, 6.45) is 0. The summed E-state index contributed by atoms with van der Waals surface area (Å²) in [6, 6.07) is 21.4. The monoisotopic (exact) mass is 416 g/mol. The van der Waals surface area contributed by atoms with Gasteiger partial charge in [-0.2, -0.15) is 0 Å². The molecule has 0 bridgehead atoms. The third-order valence-electron chi connectivity index (χ3n) is 5.46. The number of amides is 1. The Labute approximate surface area is 179 Å². The molecule has 150 valence electrons. The lowest BCUT2D eigenvalue weighted by atomic mass is 10.1. The summed E-state index contributed by atoms with van der Waals surface area (Å²) < 4.78 is 2.26. The first-order valence-electron chi connectivity index (χ1n) is 9.94. The maximum Gasteiger partial charge on any atom is 0.255 e. The van der Waals surface area contributed by atoms with Crippen LogP contribution in [0.1, 0.15) is 21.7 Å². The van der Waals surface area contributed by atoms with Crippen LogP contribution in [0.25, 0.3) is 11.0 Å². The molecular formula is C24H21ClN4O. The van der Waals surface area contributed by atoms with Crippen LogP contribution < -0.4 is 10.2 Å². The molecule has 1 aromatic heterocycles. The number of halogens is 1. The van der Waals surface area contributed by atoms with Crippen LogP contribution in [-0.4, -0.2) is 22.0 Å². The Balaban J connectivity index is 1.37. The molecule has 1 aliphatic heterocycles. The van der Waals surface area contributed by atoms with Crippen LogP contribution >= 0.6 is 11.6 Å². The number of hydrogen-bond donors (Lipinski definition) is 1. The van der Waals surface area contributed by atoms with Crippen LogP contribution in [0.5, 0.6) is 0 Å². The van der Waals surface area contributed by atoms with Crippen LogP contribution in [0.2, 0.25) is 5.02 Å². The van der Waals surface area contributed by atoms with Crippen molar-refractivity contribution in [1.29, 1.82) is 0 Å². The summed E-state index contributed by atoms with van der Waals surface area (Å²) in [7, 11) is 0. The molecule has 0 saturated heterocycles. The Bertz CT molecular complexity index is 1260. The summed E-state index contributed by atoms with van der Waals surface area (Å²) in [6.45, 7) is 4.42. The van der Waals surface area contributed by atoms with Crippen LogP contribution in [0, 0.1) is 6.92 Å². The van der Waals surface area contributed by atoms with Crippen molar-refractivity contribution in [3.8, 4) is 0 Å². The number of aryl methyl sites for hydroxylation is 1. The van der Waals surface area contributed by atoms with Gasteiger partial charge >= 0.3 is 0 Å². The smallest absolute Gasteiger partial charge is 0.255 e. The van der Waals surface area contributed by atoms with E-state index in [9.17, 15) is 4.79 Å². The first-order chi connectivity index (χ1) is 14.6. The van der Waals surface area contributed by atoms with Gasteiger partial charge in [-0.25, -0.2) is 4.98 Å². The minimum atomic E-state index is -0.104. The zero-order valence-electron chi connectivity index (χ0n) is 16.6. The number of carbonyl (C=O) groups is 1. The highest BCUT2D eigenvalue weighted by Gasteiger charge is 2.21. The lowest BCUT2D eigenvalue weighted by molar-refractivity contribution is 0.102. The summed E-state index contributed by atoms with van der Waals surface area (Å²) in [4.78, 5) is 19.7. The number of nitrogens with one attached hydrogen (secondary N) is 1. The molecule has 0 spiro atoms. The van der Waals surface area contributed by atoms with Gasteiger partial charge in [-0.3, -0.25) is 4.79 Å². The van der Waals surface area contributed by atoms with E-state index in [1.807, 2.05) is 67.6 Å². The second-order valence-electron chi connectivity index (χ2n) is 7.61. The fourth-order valence-corrected chi connectivity index (χ4v) is 4.15. The zero-order chi connectivity index (χ0) is 20.7. The average Bonchev–Trinajstić information content (AvgIpc) is 3.10. The third-order valence-corrected chi connectivity index (χ3v) is 5.70. The van der Waals surface area contributed by atoms with Gasteiger partial charge in [0.2, 0.25) is 0 Å². The molecule has 30 heavy (non-hydrogen) atoms. The van der Waals surface area contributed by atoms with Gasteiger partial charge in [-0.15, -0.1) is 0 Å². The van der Waals surface area contributed by atoms with Gasteiger partial charge in [0.15, 0.2) is 0 Å². The van der Waals surface area contributed by atoms with Crippen molar-refractivity contribution in [2.75, 3.05) is 16.8 Å². The Morgan fingerprint density at radius 3 is 2.77 bits per heavy atom. The highest BCUT2D eigenvalue weighted by atomic mass is 35.5. The first-order valence-corrected chi connectivity index (χ1v) is 10.3. The van der Waals surface area contributed by atoms with Gasteiger partial charge in [0, 0.05) is 35.1 Å². The molecule has 0 aliphatic carbocycles. The number of rotatable bonds is 3. The van der Waals surface area contributed by atoms with Crippen LogP contribution in [0.3, 0.4) is 0 Å². The number of benzene rings is 3. The number of hydrogen-bond acceptors (Lipinski definition) is 3. The van der Waals surface area contributed by atoms with E-state index in [1.165, 1.54) is 0 Å². The molecule has 0 fully saturated rings. The van der Waals surface area contributed by atoms with Crippen molar-refractivity contribution >= 4 is 39.9 Å². The molecule has 5 nitrogen and oxygen atoms in total. The topological polar surface area (TPSA) is 50.2 Å². The molecule has 0 saturated carbocycles. The second-order valence-corrected chi connectivity index (χ2v) is 8.04. The molecule has 1 amide bonds. The standard InChI is InChI=1S/C24H21ClN4O/c1-16-4-2-5-17(12-16)24(30)26-19-6-3-7-20(14-19)28-10-11-29-22-9-8-18(25)13-21(22)27-23(29)15-28/h2-9,12-14H,10-11,15H2,1H3,(H,26,30). The maximum absolute atomic E-state index is 12.6. The maximum atomic E-state index is 12.6. The van der Waals surface area contributed by atoms with Gasteiger partial charge in [-0.05, 0) is 55.5 Å². The van der Waals surface area contributed by atoms with Crippen molar-refractivity contribution in [2.45, 2.75) is 20.0 Å². The van der Waals surface area contributed by atoms with E-state index in [1.54, 1.807) is 0 Å². The molecule has 2 heterocycles. The second kappa shape index (κ2) is 7.50. The van der Waals surface area contributed by atoms with E-state index in [0.717, 1.165) is 46.9 Å². The lowest BCUT2D eigenvalue weighted by Gasteiger charge is -2.30. The molecule has 0 unspecified atom stereocenters. The van der Waals surface area contributed by atoms with E-state index in [0.29, 0.717) is 17.1 Å². The number of fused-ring (bicyclic) bond motifs is 3. The molecule has 0 atom stereocenters.